The smallest absolute Gasteiger partial charge is 0.207 e. The average molecular weight is 257 g/mol. The molecule has 0 spiro atoms. The number of sulfonamides is 1. The van der Waals surface area contributed by atoms with E-state index in [9.17, 15) is 12.8 Å². The highest BCUT2D eigenvalue weighted by atomic mass is 32.2. The molecule has 1 aliphatic heterocycles. The Kier molecular flexibility index (Phi) is 3.23. The summed E-state index contributed by atoms with van der Waals surface area (Å²) >= 11 is 0. The van der Waals surface area contributed by atoms with Crippen LogP contribution in [0.4, 0.5) is 4.39 Å². The van der Waals surface area contributed by atoms with Crippen LogP contribution in [-0.2, 0) is 10.0 Å². The van der Waals surface area contributed by atoms with Crippen LogP contribution in [0.2, 0.25) is 0 Å². The van der Waals surface area contributed by atoms with Crippen LogP contribution in [0.1, 0.15) is 26.7 Å². The molecule has 2 rings (SSSR count). The second kappa shape index (κ2) is 4.38. The van der Waals surface area contributed by atoms with E-state index in [-0.39, 0.29) is 17.0 Å². The molecule has 1 heterocycles. The number of rotatable bonds is 2. The largest absolute Gasteiger partial charge is 0.243 e. The Morgan fingerprint density at radius 3 is 2.06 bits per heavy atom. The molecule has 94 valence electrons. The lowest BCUT2D eigenvalue weighted by atomic mass is 10.2. The molecule has 1 aromatic rings. The maximum Gasteiger partial charge on any atom is 0.243 e. The van der Waals surface area contributed by atoms with Gasteiger partial charge in [0, 0.05) is 12.1 Å². The maximum atomic E-state index is 12.8. The van der Waals surface area contributed by atoms with Crippen LogP contribution >= 0.6 is 0 Å². The summed E-state index contributed by atoms with van der Waals surface area (Å²) in [5, 5.41) is 0. The van der Waals surface area contributed by atoms with E-state index in [2.05, 4.69) is 0 Å². The van der Waals surface area contributed by atoms with E-state index in [1.807, 2.05) is 13.8 Å². The molecule has 17 heavy (non-hydrogen) atoms. The second-order valence-corrected chi connectivity index (χ2v) is 6.41. The highest BCUT2D eigenvalue weighted by Crippen LogP contribution is 2.30. The number of nitrogens with zero attached hydrogens (tertiary/aromatic N) is 1. The Labute approximate surface area is 101 Å². The fourth-order valence-corrected chi connectivity index (χ4v) is 4.26. The van der Waals surface area contributed by atoms with Crippen molar-refractivity contribution in [2.45, 2.75) is 43.7 Å². The van der Waals surface area contributed by atoms with Gasteiger partial charge in [0.05, 0.1) is 4.90 Å². The predicted molar refractivity (Wildman–Crippen MR) is 63.6 cm³/mol. The summed E-state index contributed by atoms with van der Waals surface area (Å²) in [6.07, 6.45) is 1.75. The maximum absolute atomic E-state index is 12.8. The zero-order valence-electron chi connectivity index (χ0n) is 9.93. The average Bonchev–Trinajstić information content (AvgIpc) is 2.59. The first kappa shape index (κ1) is 12.5. The molecule has 0 aliphatic carbocycles. The van der Waals surface area contributed by atoms with E-state index in [1.54, 1.807) is 0 Å². The molecule has 0 N–H and O–H groups in total. The van der Waals surface area contributed by atoms with Crippen molar-refractivity contribution >= 4 is 10.0 Å². The van der Waals surface area contributed by atoms with Gasteiger partial charge < -0.3 is 0 Å². The normalized spacial score (nSPS) is 26.3. The van der Waals surface area contributed by atoms with Crippen molar-refractivity contribution < 1.29 is 12.8 Å². The van der Waals surface area contributed by atoms with E-state index in [0.29, 0.717) is 0 Å². The monoisotopic (exact) mass is 257 g/mol. The molecule has 1 aliphatic rings. The van der Waals surface area contributed by atoms with Gasteiger partial charge in [-0.2, -0.15) is 4.31 Å². The van der Waals surface area contributed by atoms with Crippen LogP contribution in [0.15, 0.2) is 29.2 Å². The van der Waals surface area contributed by atoms with Crippen molar-refractivity contribution in [2.24, 2.45) is 0 Å². The minimum Gasteiger partial charge on any atom is -0.207 e. The molecule has 2 atom stereocenters. The van der Waals surface area contributed by atoms with E-state index < -0.39 is 15.8 Å². The zero-order valence-corrected chi connectivity index (χ0v) is 10.7. The molecule has 0 aromatic heterocycles. The number of hydrogen-bond acceptors (Lipinski definition) is 2. The summed E-state index contributed by atoms with van der Waals surface area (Å²) < 4.78 is 39.1. The second-order valence-electron chi connectivity index (χ2n) is 4.56. The lowest BCUT2D eigenvalue weighted by Gasteiger charge is -2.25. The Morgan fingerprint density at radius 1 is 1.12 bits per heavy atom. The molecule has 3 nitrogen and oxygen atoms in total. The van der Waals surface area contributed by atoms with Gasteiger partial charge in [-0.25, -0.2) is 12.8 Å². The molecule has 2 unspecified atom stereocenters. The molecule has 5 heteroatoms. The molecule has 0 amide bonds. The summed E-state index contributed by atoms with van der Waals surface area (Å²) in [5.74, 6) is -0.425. The highest BCUT2D eigenvalue weighted by molar-refractivity contribution is 7.89. The summed E-state index contributed by atoms with van der Waals surface area (Å²) in [7, 11) is -3.49. The third-order valence-electron chi connectivity index (χ3n) is 3.26. The third-order valence-corrected chi connectivity index (χ3v) is 5.40. The van der Waals surface area contributed by atoms with Gasteiger partial charge in [-0.05, 0) is 51.0 Å². The SMILES string of the molecule is CC1CCC(C)N1S(=O)(=O)c1ccc(F)cc1. The highest BCUT2D eigenvalue weighted by Gasteiger charge is 2.37. The van der Waals surface area contributed by atoms with E-state index >= 15 is 0 Å². The minimum atomic E-state index is -3.49. The first-order chi connectivity index (χ1) is 7.93. The molecule has 0 bridgehead atoms. The van der Waals surface area contributed by atoms with E-state index in [1.165, 1.54) is 28.6 Å². The van der Waals surface area contributed by atoms with Gasteiger partial charge in [0.1, 0.15) is 5.82 Å². The predicted octanol–water partition coefficient (Wildman–Crippen LogP) is 2.39. The third kappa shape index (κ3) is 2.21. The van der Waals surface area contributed by atoms with Gasteiger partial charge in [-0.3, -0.25) is 0 Å². The standard InChI is InChI=1S/C12H16FNO2S/c1-9-3-4-10(2)14(9)17(15,16)12-7-5-11(13)6-8-12/h5-10H,3-4H2,1-2H3. The lowest BCUT2D eigenvalue weighted by molar-refractivity contribution is 0.350. The Hall–Kier alpha value is -0.940. The number of benzene rings is 1. The first-order valence-corrected chi connectivity index (χ1v) is 7.16. The fraction of sp³-hybridized carbons (Fsp3) is 0.500. The van der Waals surface area contributed by atoms with Crippen LogP contribution < -0.4 is 0 Å². The van der Waals surface area contributed by atoms with Gasteiger partial charge in [-0.1, -0.05) is 0 Å². The van der Waals surface area contributed by atoms with Crippen molar-refractivity contribution in [1.29, 1.82) is 0 Å². The van der Waals surface area contributed by atoms with E-state index in [4.69, 9.17) is 0 Å². The molecule has 1 fully saturated rings. The van der Waals surface area contributed by atoms with Gasteiger partial charge in [0.15, 0.2) is 0 Å². The van der Waals surface area contributed by atoms with Crippen molar-refractivity contribution in [3.05, 3.63) is 30.1 Å². The van der Waals surface area contributed by atoms with Crippen LogP contribution in [0, 0.1) is 5.82 Å². The van der Waals surface area contributed by atoms with Crippen molar-refractivity contribution in [2.75, 3.05) is 0 Å². The van der Waals surface area contributed by atoms with Crippen LogP contribution in [0.5, 0.6) is 0 Å². The summed E-state index contributed by atoms with van der Waals surface area (Å²) in [5.41, 5.74) is 0. The van der Waals surface area contributed by atoms with Gasteiger partial charge >= 0.3 is 0 Å². The lowest BCUT2D eigenvalue weighted by Crippen LogP contribution is -2.38. The van der Waals surface area contributed by atoms with Gasteiger partial charge in [0.2, 0.25) is 10.0 Å². The summed E-state index contributed by atoms with van der Waals surface area (Å²) in [4.78, 5) is 0.166. The summed E-state index contributed by atoms with van der Waals surface area (Å²) in [6, 6.07) is 5.03. The quantitative estimate of drug-likeness (QED) is 0.815. The van der Waals surface area contributed by atoms with Crippen molar-refractivity contribution in [3.63, 3.8) is 0 Å². The fourth-order valence-electron chi connectivity index (χ4n) is 2.37. The van der Waals surface area contributed by atoms with Gasteiger partial charge in [-0.15, -0.1) is 0 Å². The topological polar surface area (TPSA) is 37.4 Å². The van der Waals surface area contributed by atoms with Crippen molar-refractivity contribution in [1.82, 2.24) is 4.31 Å². The molecular weight excluding hydrogens is 241 g/mol. The van der Waals surface area contributed by atoms with Crippen LogP contribution in [0.3, 0.4) is 0 Å². The number of halogens is 1. The molecular formula is C12H16FNO2S. The molecule has 1 saturated heterocycles. The molecule has 0 saturated carbocycles. The van der Waals surface area contributed by atoms with Gasteiger partial charge in [0.25, 0.3) is 0 Å². The van der Waals surface area contributed by atoms with Crippen LogP contribution in [0.25, 0.3) is 0 Å². The Bertz CT molecular complexity index is 488. The van der Waals surface area contributed by atoms with Crippen LogP contribution in [-0.4, -0.2) is 24.8 Å². The molecule has 1 aromatic carbocycles. The Balaban J connectivity index is 2.39. The minimum absolute atomic E-state index is 0.0139. The molecule has 0 radical (unpaired) electrons. The van der Waals surface area contributed by atoms with Crippen molar-refractivity contribution in [3.8, 4) is 0 Å². The van der Waals surface area contributed by atoms with E-state index in [0.717, 1.165) is 12.8 Å². The summed E-state index contributed by atoms with van der Waals surface area (Å²) in [6.45, 7) is 3.81. The Morgan fingerprint density at radius 2 is 1.59 bits per heavy atom. The first-order valence-electron chi connectivity index (χ1n) is 5.72. The zero-order chi connectivity index (χ0) is 12.6. The number of hydrogen-bond donors (Lipinski definition) is 0.